The molecule has 0 fully saturated rings. The summed E-state index contributed by atoms with van der Waals surface area (Å²) in [6, 6.07) is 2.68. The molecule has 1 heterocycles. The van der Waals surface area contributed by atoms with Gasteiger partial charge in [-0.25, -0.2) is 17.9 Å². The van der Waals surface area contributed by atoms with E-state index in [0.717, 1.165) is 11.3 Å². The third kappa shape index (κ3) is 5.62. The molecule has 0 bridgehead atoms. The zero-order valence-electron chi connectivity index (χ0n) is 12.3. The van der Waals surface area contributed by atoms with E-state index >= 15 is 0 Å². The maximum absolute atomic E-state index is 11.8. The van der Waals surface area contributed by atoms with E-state index in [1.54, 1.807) is 11.4 Å². The molecule has 1 unspecified atom stereocenters. The van der Waals surface area contributed by atoms with Crippen LogP contribution in [0.1, 0.15) is 6.92 Å². The molecule has 1 aromatic rings. The minimum absolute atomic E-state index is 0.0499. The normalized spacial score (nSPS) is 12.6. The average molecular weight is 349 g/mol. The number of amides is 2. The smallest absolute Gasteiger partial charge is 0.317 e. The van der Waals surface area contributed by atoms with E-state index < -0.39 is 27.9 Å². The van der Waals surface area contributed by atoms with Crippen LogP contribution in [0.2, 0.25) is 0 Å². The summed E-state index contributed by atoms with van der Waals surface area (Å²) in [5, 5.41) is 12.9. The standard InChI is InChI=1S/C12H19N3O5S2/c1-9(11(16)17)8-15(2)12(18)13-5-6-14-22(19,20)10-4-3-7-21-10/h3-4,7,9,14H,5-6,8H2,1-2H3,(H,13,18)(H,16,17). The molecule has 0 saturated carbocycles. The van der Waals surface area contributed by atoms with Gasteiger partial charge in [0.1, 0.15) is 4.21 Å². The van der Waals surface area contributed by atoms with Gasteiger partial charge in [-0.05, 0) is 11.4 Å². The van der Waals surface area contributed by atoms with E-state index in [0.29, 0.717) is 0 Å². The van der Waals surface area contributed by atoms with E-state index in [2.05, 4.69) is 10.0 Å². The fourth-order valence-electron chi connectivity index (χ4n) is 1.55. The summed E-state index contributed by atoms with van der Waals surface area (Å²) in [4.78, 5) is 23.7. The third-order valence-electron chi connectivity index (χ3n) is 2.77. The van der Waals surface area contributed by atoms with Gasteiger partial charge in [0.05, 0.1) is 5.92 Å². The third-order valence-corrected chi connectivity index (χ3v) is 5.63. The van der Waals surface area contributed by atoms with Crippen molar-refractivity contribution in [2.45, 2.75) is 11.1 Å². The van der Waals surface area contributed by atoms with Gasteiger partial charge in [0.15, 0.2) is 0 Å². The van der Waals surface area contributed by atoms with Crippen LogP contribution >= 0.6 is 11.3 Å². The number of carbonyl (C=O) groups is 2. The first-order valence-corrected chi connectivity index (χ1v) is 8.85. The Morgan fingerprint density at radius 3 is 2.64 bits per heavy atom. The van der Waals surface area contributed by atoms with Crippen molar-refractivity contribution in [3.63, 3.8) is 0 Å². The number of nitrogens with one attached hydrogen (secondary N) is 2. The Bertz CT molecular complexity index is 600. The Kier molecular flexibility index (Phi) is 6.78. The van der Waals surface area contributed by atoms with Crippen molar-refractivity contribution < 1.29 is 23.1 Å². The summed E-state index contributed by atoms with van der Waals surface area (Å²) in [6.07, 6.45) is 0. The molecule has 10 heteroatoms. The molecule has 22 heavy (non-hydrogen) atoms. The number of carboxylic acids is 1. The molecule has 1 rings (SSSR count). The number of aliphatic carboxylic acids is 1. The first-order chi connectivity index (χ1) is 10.2. The fraction of sp³-hybridized carbons (Fsp3) is 0.500. The summed E-state index contributed by atoms with van der Waals surface area (Å²) in [5.41, 5.74) is 0. The van der Waals surface area contributed by atoms with Gasteiger partial charge in [-0.15, -0.1) is 11.3 Å². The number of carbonyl (C=O) groups excluding carboxylic acids is 1. The molecule has 124 valence electrons. The van der Waals surface area contributed by atoms with E-state index in [9.17, 15) is 18.0 Å². The lowest BCUT2D eigenvalue weighted by Gasteiger charge is -2.20. The largest absolute Gasteiger partial charge is 0.481 e. The zero-order chi connectivity index (χ0) is 16.8. The van der Waals surface area contributed by atoms with Crippen LogP contribution in [0.3, 0.4) is 0 Å². The van der Waals surface area contributed by atoms with E-state index in [1.165, 1.54) is 24.9 Å². The van der Waals surface area contributed by atoms with Gasteiger partial charge in [-0.3, -0.25) is 4.79 Å². The Balaban J connectivity index is 2.32. The van der Waals surface area contributed by atoms with Crippen LogP contribution in [-0.2, 0) is 14.8 Å². The molecule has 2 amide bonds. The molecule has 0 aliphatic heterocycles. The number of urea groups is 1. The lowest BCUT2D eigenvalue weighted by molar-refractivity contribution is -0.141. The Morgan fingerprint density at radius 1 is 1.41 bits per heavy atom. The van der Waals surface area contributed by atoms with Crippen LogP contribution in [0, 0.1) is 5.92 Å². The minimum Gasteiger partial charge on any atom is -0.481 e. The fourth-order valence-corrected chi connectivity index (χ4v) is 3.62. The highest BCUT2D eigenvalue weighted by Gasteiger charge is 2.17. The summed E-state index contributed by atoms with van der Waals surface area (Å²) in [5.74, 6) is -1.66. The number of hydrogen-bond acceptors (Lipinski definition) is 5. The predicted molar refractivity (Wildman–Crippen MR) is 82.3 cm³/mol. The highest BCUT2D eigenvalue weighted by atomic mass is 32.2. The van der Waals surface area contributed by atoms with Crippen LogP contribution in [-0.4, -0.2) is 57.1 Å². The molecule has 1 aromatic heterocycles. The monoisotopic (exact) mass is 349 g/mol. The van der Waals surface area contributed by atoms with Crippen molar-refractivity contribution in [1.29, 1.82) is 0 Å². The van der Waals surface area contributed by atoms with Gasteiger partial charge >= 0.3 is 12.0 Å². The van der Waals surface area contributed by atoms with Crippen LogP contribution < -0.4 is 10.0 Å². The molecule has 0 saturated heterocycles. The summed E-state index contributed by atoms with van der Waals surface area (Å²) < 4.78 is 26.2. The first-order valence-electron chi connectivity index (χ1n) is 6.49. The van der Waals surface area contributed by atoms with E-state index in [4.69, 9.17) is 5.11 Å². The molecular formula is C12H19N3O5S2. The van der Waals surface area contributed by atoms with Gasteiger partial charge in [-0.1, -0.05) is 13.0 Å². The average Bonchev–Trinajstić information content (AvgIpc) is 2.98. The number of hydrogen-bond donors (Lipinski definition) is 3. The van der Waals surface area contributed by atoms with Gasteiger partial charge in [-0.2, -0.15) is 0 Å². The van der Waals surface area contributed by atoms with Crippen molar-refractivity contribution >= 4 is 33.4 Å². The van der Waals surface area contributed by atoms with Crippen molar-refractivity contribution in [2.75, 3.05) is 26.7 Å². The second-order valence-electron chi connectivity index (χ2n) is 4.68. The molecule has 0 radical (unpaired) electrons. The highest BCUT2D eigenvalue weighted by Crippen LogP contribution is 2.14. The van der Waals surface area contributed by atoms with E-state index in [-0.39, 0.29) is 23.8 Å². The second kappa shape index (κ2) is 8.11. The van der Waals surface area contributed by atoms with Crippen LogP contribution in [0.5, 0.6) is 0 Å². The molecule has 8 nitrogen and oxygen atoms in total. The minimum atomic E-state index is -3.54. The second-order valence-corrected chi connectivity index (χ2v) is 7.62. The lowest BCUT2D eigenvalue weighted by Crippen LogP contribution is -2.43. The zero-order valence-corrected chi connectivity index (χ0v) is 13.9. The van der Waals surface area contributed by atoms with Crippen molar-refractivity contribution in [3.8, 4) is 0 Å². The summed E-state index contributed by atoms with van der Waals surface area (Å²) >= 11 is 1.11. The molecule has 0 aliphatic carbocycles. The number of sulfonamides is 1. The molecule has 1 atom stereocenters. The maximum Gasteiger partial charge on any atom is 0.317 e. The molecule has 0 spiro atoms. The van der Waals surface area contributed by atoms with Gasteiger partial charge in [0, 0.05) is 26.7 Å². The summed E-state index contributed by atoms with van der Waals surface area (Å²) in [6.45, 7) is 1.73. The molecule has 0 aromatic carbocycles. The number of thiophene rings is 1. The van der Waals surface area contributed by atoms with Crippen LogP contribution in [0.25, 0.3) is 0 Å². The Morgan fingerprint density at radius 2 is 2.09 bits per heavy atom. The Hall–Kier alpha value is -1.65. The molecular weight excluding hydrogens is 330 g/mol. The predicted octanol–water partition coefficient (Wildman–Crippen LogP) is 0.389. The summed E-state index contributed by atoms with van der Waals surface area (Å²) in [7, 11) is -2.06. The van der Waals surface area contributed by atoms with Gasteiger partial charge < -0.3 is 15.3 Å². The maximum atomic E-state index is 11.8. The van der Waals surface area contributed by atoms with Crippen molar-refractivity contribution in [2.24, 2.45) is 5.92 Å². The molecule has 0 aliphatic rings. The first kappa shape index (κ1) is 18.4. The quantitative estimate of drug-likeness (QED) is 0.587. The van der Waals surface area contributed by atoms with Crippen LogP contribution in [0.4, 0.5) is 4.79 Å². The Labute approximate surface area is 133 Å². The topological polar surface area (TPSA) is 116 Å². The van der Waals surface area contributed by atoms with Crippen molar-refractivity contribution in [3.05, 3.63) is 17.5 Å². The van der Waals surface area contributed by atoms with Gasteiger partial charge in [0.2, 0.25) is 10.0 Å². The van der Waals surface area contributed by atoms with Gasteiger partial charge in [0.25, 0.3) is 0 Å². The number of nitrogens with zero attached hydrogens (tertiary/aromatic N) is 1. The van der Waals surface area contributed by atoms with Crippen molar-refractivity contribution in [1.82, 2.24) is 14.9 Å². The molecule has 3 N–H and O–H groups in total. The lowest BCUT2D eigenvalue weighted by atomic mass is 10.2. The SMILES string of the molecule is CC(CN(C)C(=O)NCCNS(=O)(=O)c1cccs1)C(=O)O. The number of carboxylic acid groups (broad SMARTS) is 1. The highest BCUT2D eigenvalue weighted by molar-refractivity contribution is 7.91. The number of rotatable bonds is 8. The van der Waals surface area contributed by atoms with Crippen LogP contribution in [0.15, 0.2) is 21.7 Å². The van der Waals surface area contributed by atoms with E-state index in [1.807, 2.05) is 0 Å².